The van der Waals surface area contributed by atoms with Crippen molar-refractivity contribution >= 4 is 21.4 Å². The molecule has 1 atom stereocenters. The normalized spacial score (nSPS) is 25.8. The molecule has 0 aromatic carbocycles. The third kappa shape index (κ3) is 1.16. The number of nitrogens with one attached hydrogen (secondary N) is 1. The van der Waals surface area contributed by atoms with Gasteiger partial charge in [-0.25, -0.2) is 4.79 Å². The lowest BCUT2D eigenvalue weighted by molar-refractivity contribution is -0.232. The molecule has 0 saturated carbocycles. The summed E-state index contributed by atoms with van der Waals surface area (Å²) in [6.07, 6.45) is 0. The summed E-state index contributed by atoms with van der Waals surface area (Å²) in [5.41, 5.74) is 0. The number of carbonyl (C=O) groups is 2. The molecule has 1 heterocycles. The van der Waals surface area contributed by atoms with E-state index in [1.807, 2.05) is 0 Å². The van der Waals surface area contributed by atoms with Gasteiger partial charge in [-0.1, -0.05) is 0 Å². The van der Waals surface area contributed by atoms with Crippen molar-refractivity contribution in [2.24, 2.45) is 0 Å². The zero-order valence-electron chi connectivity index (χ0n) is 4.55. The van der Waals surface area contributed by atoms with Crippen LogP contribution >= 0.6 is 0 Å². The fourth-order valence-corrected chi connectivity index (χ4v) is 1.68. The maximum Gasteiger partial charge on any atom is 0.436 e. The van der Waals surface area contributed by atoms with Gasteiger partial charge in [0.2, 0.25) is 0 Å². The molecule has 0 aromatic rings. The maximum atomic E-state index is 10.5. The lowest BCUT2D eigenvalue weighted by Crippen LogP contribution is -2.35. The van der Waals surface area contributed by atoms with E-state index in [9.17, 15) is 14.7 Å². The Morgan fingerprint density at radius 3 is 2.67 bits per heavy atom. The smallest absolute Gasteiger partial charge is 0.436 e. The van der Waals surface area contributed by atoms with Gasteiger partial charge in [0.25, 0.3) is 5.30 Å². The van der Waals surface area contributed by atoms with E-state index < -0.39 is 21.4 Å². The van der Waals surface area contributed by atoms with Gasteiger partial charge < -0.3 is 15.2 Å². The highest BCUT2D eigenvalue weighted by molar-refractivity contribution is 8.22. The van der Waals surface area contributed by atoms with Gasteiger partial charge in [-0.15, -0.1) is 0 Å². The van der Waals surface area contributed by atoms with Crippen molar-refractivity contribution in [1.82, 2.24) is 5.32 Å². The summed E-state index contributed by atoms with van der Waals surface area (Å²) in [7, 11) is -1.17. The molecule has 0 aliphatic carbocycles. The number of carbonyl (C=O) groups excluding carboxylic acids is 2. The Morgan fingerprint density at radius 2 is 2.44 bits per heavy atom. The molecule has 1 N–H and O–H groups in total. The fourth-order valence-electron chi connectivity index (χ4n) is 0.594. The first-order valence-electron chi connectivity index (χ1n) is 2.41. The molecule has 1 amide bonds. The lowest BCUT2D eigenvalue weighted by atomic mass is 10.8. The van der Waals surface area contributed by atoms with Crippen LogP contribution in [0.15, 0.2) is 0 Å². The number of amides is 1. The van der Waals surface area contributed by atoms with Crippen molar-refractivity contribution in [3.05, 3.63) is 0 Å². The first kappa shape index (κ1) is 6.41. The Kier molecular flexibility index (Phi) is 1.61. The van der Waals surface area contributed by atoms with Crippen LogP contribution in [-0.4, -0.2) is 22.8 Å². The van der Waals surface area contributed by atoms with Gasteiger partial charge in [-0.05, 0) is 0 Å². The van der Waals surface area contributed by atoms with Gasteiger partial charge in [0.15, 0.2) is 0 Å². The third-order valence-corrected chi connectivity index (χ3v) is 2.61. The zero-order valence-corrected chi connectivity index (χ0v) is 5.36. The van der Waals surface area contributed by atoms with Crippen LogP contribution in [0.1, 0.15) is 0 Å². The molecule has 0 spiro atoms. The molecule has 1 aliphatic heterocycles. The molecule has 4 nitrogen and oxygen atoms in total. The summed E-state index contributed by atoms with van der Waals surface area (Å²) < 4.78 is 0. The minimum absolute atomic E-state index is 0.390. The highest BCUT2D eigenvalue weighted by Crippen LogP contribution is 2.02. The molecule has 1 unspecified atom stereocenters. The molecule has 9 heavy (non-hydrogen) atoms. The number of carboxylic acid groups (broad SMARTS) is 1. The van der Waals surface area contributed by atoms with Crippen LogP contribution in [-0.2, 0) is 10.9 Å². The fraction of sp³-hybridized carbons (Fsp3) is 0.500. The van der Waals surface area contributed by atoms with Crippen molar-refractivity contribution in [2.45, 2.75) is 0 Å². The van der Waals surface area contributed by atoms with E-state index in [-0.39, 0.29) is 0 Å². The van der Waals surface area contributed by atoms with Gasteiger partial charge >= 0.3 is 5.24 Å². The molecule has 1 rings (SSSR count). The van der Waals surface area contributed by atoms with Crippen LogP contribution in [0.2, 0.25) is 0 Å². The second kappa shape index (κ2) is 2.26. The minimum Gasteiger partial charge on any atom is -0.503 e. The van der Waals surface area contributed by atoms with E-state index in [4.69, 9.17) is 0 Å². The van der Waals surface area contributed by atoms with E-state index in [1.54, 1.807) is 0 Å². The van der Waals surface area contributed by atoms with Crippen LogP contribution in [0.4, 0.5) is 9.59 Å². The Labute approximate surface area is 54.6 Å². The zero-order chi connectivity index (χ0) is 6.85. The Hall–Kier alpha value is -0.710. The molecule has 5 heteroatoms. The van der Waals surface area contributed by atoms with E-state index in [0.29, 0.717) is 12.3 Å². The standard InChI is InChI=1S/C4H5NO3S/c6-3-5-1-2-9(3)4(7)8/h1-2H2,(H-,5,6,7,8). The molecular weight excluding hydrogens is 142 g/mol. The SMILES string of the molecule is O=C([O-])[S+]1CCNC1=O. The van der Waals surface area contributed by atoms with Gasteiger partial charge in [-0.3, -0.25) is 0 Å². The van der Waals surface area contributed by atoms with Crippen molar-refractivity contribution in [3.8, 4) is 0 Å². The summed E-state index contributed by atoms with van der Waals surface area (Å²) in [6.45, 7) is 0.468. The summed E-state index contributed by atoms with van der Waals surface area (Å²) in [4.78, 5) is 20.5. The average molecular weight is 147 g/mol. The maximum absolute atomic E-state index is 10.5. The first-order valence-corrected chi connectivity index (χ1v) is 3.81. The van der Waals surface area contributed by atoms with Crippen LogP contribution < -0.4 is 10.4 Å². The minimum atomic E-state index is -1.25. The Balaban J connectivity index is 2.60. The molecular formula is C4H5NO3S. The van der Waals surface area contributed by atoms with Gasteiger partial charge in [0, 0.05) is 0 Å². The van der Waals surface area contributed by atoms with Crippen molar-refractivity contribution in [3.63, 3.8) is 0 Å². The lowest BCUT2D eigenvalue weighted by Gasteiger charge is -1.92. The van der Waals surface area contributed by atoms with Crippen molar-refractivity contribution < 1.29 is 14.7 Å². The predicted molar refractivity (Wildman–Crippen MR) is 31.0 cm³/mol. The van der Waals surface area contributed by atoms with Gasteiger partial charge in [0.1, 0.15) is 16.6 Å². The monoisotopic (exact) mass is 147 g/mol. The van der Waals surface area contributed by atoms with E-state index >= 15 is 0 Å². The molecule has 1 saturated heterocycles. The summed E-state index contributed by atoms with van der Waals surface area (Å²) in [5.74, 6) is 0.390. The first-order chi connectivity index (χ1) is 4.22. The highest BCUT2D eigenvalue weighted by Gasteiger charge is 2.37. The van der Waals surface area contributed by atoms with E-state index in [0.717, 1.165) is 0 Å². The van der Waals surface area contributed by atoms with Crippen molar-refractivity contribution in [1.29, 1.82) is 0 Å². The molecule has 1 fully saturated rings. The van der Waals surface area contributed by atoms with Crippen LogP contribution in [0.5, 0.6) is 0 Å². The molecule has 0 bridgehead atoms. The van der Waals surface area contributed by atoms with Crippen molar-refractivity contribution in [2.75, 3.05) is 12.3 Å². The van der Waals surface area contributed by atoms with Gasteiger partial charge in [-0.2, -0.15) is 0 Å². The predicted octanol–water partition coefficient (Wildman–Crippen LogP) is -1.33. The van der Waals surface area contributed by atoms with Crippen LogP contribution in [0, 0.1) is 0 Å². The third-order valence-electron chi connectivity index (χ3n) is 1.00. The van der Waals surface area contributed by atoms with E-state index in [1.165, 1.54) is 0 Å². The average Bonchev–Trinajstić information content (AvgIpc) is 2.13. The molecule has 1 aliphatic rings. The van der Waals surface area contributed by atoms with Gasteiger partial charge in [0.05, 0.1) is 6.54 Å². The number of rotatable bonds is 0. The highest BCUT2D eigenvalue weighted by atomic mass is 32.2. The molecule has 0 aromatic heterocycles. The second-order valence-electron chi connectivity index (χ2n) is 1.56. The topological polar surface area (TPSA) is 69.2 Å². The quantitative estimate of drug-likeness (QED) is 0.432. The Morgan fingerprint density at radius 1 is 1.78 bits per heavy atom. The summed E-state index contributed by atoms with van der Waals surface area (Å²) >= 11 is 0. The Bertz CT molecular complexity index is 158. The molecule has 50 valence electrons. The summed E-state index contributed by atoms with van der Waals surface area (Å²) in [6, 6.07) is 0. The number of hydrogen-bond acceptors (Lipinski definition) is 3. The molecule has 0 radical (unpaired) electrons. The van der Waals surface area contributed by atoms with Crippen LogP contribution in [0.3, 0.4) is 0 Å². The second-order valence-corrected chi connectivity index (χ2v) is 3.45. The largest absolute Gasteiger partial charge is 0.503 e. The van der Waals surface area contributed by atoms with Crippen LogP contribution in [0.25, 0.3) is 0 Å². The number of hydrogen-bond donors (Lipinski definition) is 1. The van der Waals surface area contributed by atoms with E-state index in [2.05, 4.69) is 5.32 Å². The summed E-state index contributed by atoms with van der Waals surface area (Å²) in [5, 5.41) is 10.8.